The van der Waals surface area contributed by atoms with Gasteiger partial charge in [-0.15, -0.1) is 5.10 Å². The first-order valence-corrected chi connectivity index (χ1v) is 7.07. The molecule has 0 bridgehead atoms. The molecule has 110 valence electrons. The van der Waals surface area contributed by atoms with Gasteiger partial charge in [0.15, 0.2) is 0 Å². The normalized spacial score (nSPS) is 11.4. The molecule has 0 spiro atoms. The average molecular weight is 285 g/mol. The fourth-order valence-corrected chi connectivity index (χ4v) is 2.37. The van der Waals surface area contributed by atoms with E-state index in [0.717, 1.165) is 41.4 Å². The Kier molecular flexibility index (Phi) is 3.66. The summed E-state index contributed by atoms with van der Waals surface area (Å²) in [6.45, 7) is 5.29. The molecule has 0 aliphatic heterocycles. The van der Waals surface area contributed by atoms with Crippen LogP contribution in [0.25, 0.3) is 5.78 Å². The summed E-state index contributed by atoms with van der Waals surface area (Å²) in [6.07, 6.45) is 5.74. The Labute approximate surface area is 122 Å². The molecule has 3 aromatic heterocycles. The lowest BCUT2D eigenvalue weighted by Crippen LogP contribution is -2.01. The van der Waals surface area contributed by atoms with Crippen molar-refractivity contribution in [3.8, 4) is 0 Å². The van der Waals surface area contributed by atoms with E-state index in [1.165, 1.54) is 0 Å². The van der Waals surface area contributed by atoms with Crippen LogP contribution in [-0.4, -0.2) is 35.9 Å². The van der Waals surface area contributed by atoms with Crippen molar-refractivity contribution in [1.29, 1.82) is 0 Å². The molecule has 0 radical (unpaired) electrons. The van der Waals surface area contributed by atoms with E-state index in [2.05, 4.69) is 20.3 Å². The Morgan fingerprint density at radius 1 is 1.14 bits per heavy atom. The van der Waals surface area contributed by atoms with Gasteiger partial charge in [0.2, 0.25) is 5.78 Å². The van der Waals surface area contributed by atoms with Crippen LogP contribution in [0.3, 0.4) is 0 Å². The fraction of sp³-hybridized carbons (Fsp3) is 0.429. The number of nitrogens with zero attached hydrogens (tertiary/aromatic N) is 6. The van der Waals surface area contributed by atoms with Crippen LogP contribution in [0, 0.1) is 13.8 Å². The third-order valence-electron chi connectivity index (χ3n) is 3.36. The van der Waals surface area contributed by atoms with Gasteiger partial charge in [-0.3, -0.25) is 4.40 Å². The molecule has 7 nitrogen and oxygen atoms in total. The van der Waals surface area contributed by atoms with Gasteiger partial charge in [0.25, 0.3) is 0 Å². The number of rotatable bonds is 5. The maximum atomic E-state index is 5.50. The summed E-state index contributed by atoms with van der Waals surface area (Å²) in [5.74, 6) is 0.728. The van der Waals surface area contributed by atoms with Gasteiger partial charge < -0.3 is 5.73 Å². The lowest BCUT2D eigenvalue weighted by Gasteiger charge is -1.98. The van der Waals surface area contributed by atoms with E-state index in [4.69, 9.17) is 5.73 Å². The van der Waals surface area contributed by atoms with Crippen molar-refractivity contribution >= 4 is 5.78 Å². The van der Waals surface area contributed by atoms with Crippen LogP contribution in [-0.2, 0) is 13.0 Å². The predicted molar refractivity (Wildman–Crippen MR) is 79.0 cm³/mol. The Bertz CT molecular complexity index is 756. The number of nitrogens with two attached hydrogens (primary N) is 1. The first-order chi connectivity index (χ1) is 10.2. The molecule has 0 atom stereocenters. The van der Waals surface area contributed by atoms with Gasteiger partial charge in [-0.05, 0) is 39.3 Å². The molecule has 21 heavy (non-hydrogen) atoms. The van der Waals surface area contributed by atoms with Gasteiger partial charge in [-0.25, -0.2) is 14.6 Å². The Balaban J connectivity index is 1.81. The van der Waals surface area contributed by atoms with Gasteiger partial charge in [-0.2, -0.15) is 0 Å². The van der Waals surface area contributed by atoms with E-state index in [9.17, 15) is 0 Å². The van der Waals surface area contributed by atoms with Crippen molar-refractivity contribution in [2.24, 2.45) is 5.73 Å². The van der Waals surface area contributed by atoms with E-state index in [-0.39, 0.29) is 0 Å². The molecular formula is C14H19N7. The summed E-state index contributed by atoms with van der Waals surface area (Å²) < 4.78 is 3.80. The molecule has 3 aromatic rings. The summed E-state index contributed by atoms with van der Waals surface area (Å²) in [6, 6.07) is 2.04. The Morgan fingerprint density at radius 2 is 2.00 bits per heavy atom. The molecule has 0 unspecified atom stereocenters. The molecule has 0 aliphatic carbocycles. The van der Waals surface area contributed by atoms with E-state index >= 15 is 0 Å². The topological polar surface area (TPSA) is 86.9 Å². The van der Waals surface area contributed by atoms with Gasteiger partial charge in [0.05, 0.1) is 17.9 Å². The molecule has 0 saturated heterocycles. The highest BCUT2D eigenvalue weighted by molar-refractivity contribution is 5.34. The van der Waals surface area contributed by atoms with Crippen LogP contribution in [0.1, 0.15) is 29.2 Å². The van der Waals surface area contributed by atoms with Crippen LogP contribution in [0.15, 0.2) is 18.5 Å². The average Bonchev–Trinajstić information content (AvgIpc) is 3.03. The highest BCUT2D eigenvalue weighted by atomic mass is 15.4. The minimum absolute atomic E-state index is 0.595. The van der Waals surface area contributed by atoms with Crippen molar-refractivity contribution in [1.82, 2.24) is 29.4 Å². The van der Waals surface area contributed by atoms with Crippen LogP contribution in [0.4, 0.5) is 0 Å². The minimum atomic E-state index is 0.595. The van der Waals surface area contributed by atoms with E-state index in [1.807, 2.05) is 36.7 Å². The third-order valence-corrected chi connectivity index (χ3v) is 3.36. The number of fused-ring (bicyclic) bond motifs is 1. The van der Waals surface area contributed by atoms with Crippen molar-refractivity contribution < 1.29 is 0 Å². The number of imidazole rings is 1. The summed E-state index contributed by atoms with van der Waals surface area (Å²) >= 11 is 0. The Hall–Kier alpha value is -2.28. The first kappa shape index (κ1) is 13.7. The van der Waals surface area contributed by atoms with Gasteiger partial charge >= 0.3 is 0 Å². The number of aryl methyl sites for hydroxylation is 3. The highest BCUT2D eigenvalue weighted by Crippen LogP contribution is 2.09. The van der Waals surface area contributed by atoms with E-state index in [0.29, 0.717) is 13.1 Å². The molecule has 7 heteroatoms. The molecule has 0 amide bonds. The second-order valence-corrected chi connectivity index (χ2v) is 5.24. The minimum Gasteiger partial charge on any atom is -0.330 e. The smallest absolute Gasteiger partial charge is 0.234 e. The Morgan fingerprint density at radius 3 is 2.81 bits per heavy atom. The SMILES string of the molecule is Cc1cc(C)n2cc(Cn3cc(CCCN)nn3)nc2n1. The summed E-state index contributed by atoms with van der Waals surface area (Å²) in [7, 11) is 0. The number of hydrogen-bond acceptors (Lipinski definition) is 5. The molecule has 0 aliphatic rings. The monoisotopic (exact) mass is 285 g/mol. The van der Waals surface area contributed by atoms with Gasteiger partial charge in [0, 0.05) is 23.8 Å². The quantitative estimate of drug-likeness (QED) is 0.752. The lowest BCUT2D eigenvalue weighted by molar-refractivity contribution is 0.640. The molecule has 0 fully saturated rings. The van der Waals surface area contributed by atoms with Crippen LogP contribution in [0.2, 0.25) is 0 Å². The van der Waals surface area contributed by atoms with Crippen molar-refractivity contribution in [2.45, 2.75) is 33.2 Å². The van der Waals surface area contributed by atoms with E-state index < -0.39 is 0 Å². The molecular weight excluding hydrogens is 266 g/mol. The van der Waals surface area contributed by atoms with Crippen LogP contribution < -0.4 is 5.73 Å². The second kappa shape index (κ2) is 5.61. The standard InChI is InChI=1S/C14H19N7/c1-10-6-11(2)21-9-13(17-14(21)16-10)8-20-7-12(18-19-20)4-3-5-15/h6-7,9H,3-5,8,15H2,1-2H3. The zero-order valence-electron chi connectivity index (χ0n) is 12.3. The zero-order valence-corrected chi connectivity index (χ0v) is 12.3. The van der Waals surface area contributed by atoms with Gasteiger partial charge in [-0.1, -0.05) is 5.21 Å². The lowest BCUT2D eigenvalue weighted by atomic mass is 10.2. The van der Waals surface area contributed by atoms with Crippen molar-refractivity contribution in [2.75, 3.05) is 6.54 Å². The van der Waals surface area contributed by atoms with Crippen LogP contribution >= 0.6 is 0 Å². The zero-order chi connectivity index (χ0) is 14.8. The second-order valence-electron chi connectivity index (χ2n) is 5.24. The molecule has 0 saturated carbocycles. The molecule has 3 rings (SSSR count). The third kappa shape index (κ3) is 2.92. The van der Waals surface area contributed by atoms with Gasteiger partial charge in [0.1, 0.15) is 0 Å². The van der Waals surface area contributed by atoms with Crippen molar-refractivity contribution in [3.63, 3.8) is 0 Å². The predicted octanol–water partition coefficient (Wildman–Crippen LogP) is 0.877. The largest absolute Gasteiger partial charge is 0.330 e. The van der Waals surface area contributed by atoms with Crippen molar-refractivity contribution in [3.05, 3.63) is 41.2 Å². The van der Waals surface area contributed by atoms with E-state index in [1.54, 1.807) is 4.68 Å². The highest BCUT2D eigenvalue weighted by Gasteiger charge is 2.08. The summed E-state index contributed by atoms with van der Waals surface area (Å²) in [5, 5.41) is 8.27. The maximum absolute atomic E-state index is 5.50. The summed E-state index contributed by atoms with van der Waals surface area (Å²) in [4.78, 5) is 8.98. The molecule has 0 aromatic carbocycles. The van der Waals surface area contributed by atoms with Crippen LogP contribution in [0.5, 0.6) is 0 Å². The number of hydrogen-bond donors (Lipinski definition) is 1. The fourth-order valence-electron chi connectivity index (χ4n) is 2.37. The summed E-state index contributed by atoms with van der Waals surface area (Å²) in [5.41, 5.74) is 9.49. The number of aromatic nitrogens is 6. The molecule has 2 N–H and O–H groups in total. The first-order valence-electron chi connectivity index (χ1n) is 7.07. The molecule has 3 heterocycles. The maximum Gasteiger partial charge on any atom is 0.234 e.